The van der Waals surface area contributed by atoms with Crippen LogP contribution in [0.5, 0.6) is 5.75 Å². The lowest BCUT2D eigenvalue weighted by Gasteiger charge is -2.40. The number of hydrogen-bond acceptors (Lipinski definition) is 6. The highest BCUT2D eigenvalue weighted by atomic mass is 16.5. The van der Waals surface area contributed by atoms with E-state index in [4.69, 9.17) is 15.2 Å². The van der Waals surface area contributed by atoms with Gasteiger partial charge in [-0.1, -0.05) is 25.5 Å². The molecule has 3 N–H and O–H groups in total. The molecule has 0 unspecified atom stereocenters. The van der Waals surface area contributed by atoms with E-state index in [0.717, 1.165) is 18.4 Å². The molecule has 3 amide bonds. The number of nitrogens with one attached hydrogen (secondary N) is 1. The molecule has 0 saturated carbocycles. The molecule has 1 saturated heterocycles. The minimum atomic E-state index is -0.688. The largest absolute Gasteiger partial charge is 0.497 e. The van der Waals surface area contributed by atoms with Crippen molar-refractivity contribution in [3.8, 4) is 5.75 Å². The lowest BCUT2D eigenvalue weighted by Crippen LogP contribution is -2.46. The molecule has 1 heterocycles. The maximum atomic E-state index is 12.8. The summed E-state index contributed by atoms with van der Waals surface area (Å²) in [5.74, 6) is -1.79. The Morgan fingerprint density at radius 2 is 1.93 bits per heavy atom. The standard InChI is InChI=1S/C21H29N3O6/c1-3-4-11-24-19(27)10-9-16(20(24)14-5-7-15(29-2)8-6-14)21(28)30-13-18(26)23-12-17(22)25/h5-8,16,20H,3-4,9-13H2,1-2H3,(H2,22,25)(H,23,26)/t16-,20+/m0/s1. The number of methoxy groups -OCH3 is 1. The van der Waals surface area contributed by atoms with Gasteiger partial charge in [0.1, 0.15) is 5.75 Å². The fourth-order valence-electron chi connectivity index (χ4n) is 3.49. The van der Waals surface area contributed by atoms with Crippen molar-refractivity contribution < 1.29 is 28.7 Å². The Morgan fingerprint density at radius 1 is 1.23 bits per heavy atom. The van der Waals surface area contributed by atoms with Crippen LogP contribution in [0.2, 0.25) is 0 Å². The molecule has 1 fully saturated rings. The average Bonchev–Trinajstić information content (AvgIpc) is 2.75. The maximum absolute atomic E-state index is 12.8. The summed E-state index contributed by atoms with van der Waals surface area (Å²) in [6.45, 7) is 1.73. The SMILES string of the molecule is CCCCN1C(=O)CC[C@H](C(=O)OCC(=O)NCC(N)=O)[C@H]1c1ccc(OC)cc1. The monoisotopic (exact) mass is 419 g/mol. The minimum Gasteiger partial charge on any atom is -0.497 e. The number of piperidine rings is 1. The molecule has 1 aromatic rings. The van der Waals surface area contributed by atoms with Gasteiger partial charge in [0.15, 0.2) is 6.61 Å². The van der Waals surface area contributed by atoms with Gasteiger partial charge in [0.05, 0.1) is 25.6 Å². The van der Waals surface area contributed by atoms with Crippen LogP contribution >= 0.6 is 0 Å². The van der Waals surface area contributed by atoms with E-state index in [9.17, 15) is 19.2 Å². The number of rotatable bonds is 10. The Bertz CT molecular complexity index is 765. The van der Waals surface area contributed by atoms with Gasteiger partial charge in [-0.05, 0) is 30.5 Å². The van der Waals surface area contributed by atoms with Crippen molar-refractivity contribution in [3.05, 3.63) is 29.8 Å². The number of nitrogens with two attached hydrogens (primary N) is 1. The average molecular weight is 419 g/mol. The Kier molecular flexibility index (Phi) is 8.64. The molecular formula is C21H29N3O6. The van der Waals surface area contributed by atoms with Gasteiger partial charge in [-0.15, -0.1) is 0 Å². The number of primary amides is 1. The van der Waals surface area contributed by atoms with E-state index >= 15 is 0 Å². The Balaban J connectivity index is 2.18. The summed E-state index contributed by atoms with van der Waals surface area (Å²) in [4.78, 5) is 49.7. The van der Waals surface area contributed by atoms with Gasteiger partial charge in [-0.3, -0.25) is 19.2 Å². The van der Waals surface area contributed by atoms with Crippen molar-refractivity contribution in [2.45, 2.75) is 38.6 Å². The number of carbonyl (C=O) groups is 4. The number of ether oxygens (including phenoxy) is 2. The molecule has 1 aromatic carbocycles. The zero-order valence-corrected chi connectivity index (χ0v) is 17.4. The first kappa shape index (κ1) is 23.2. The van der Waals surface area contributed by atoms with Gasteiger partial charge < -0.3 is 25.4 Å². The second kappa shape index (κ2) is 11.2. The molecule has 1 aliphatic rings. The Labute approximate surface area is 175 Å². The van der Waals surface area contributed by atoms with Gasteiger partial charge >= 0.3 is 5.97 Å². The zero-order chi connectivity index (χ0) is 22.1. The number of hydrogen-bond donors (Lipinski definition) is 2. The van der Waals surface area contributed by atoms with E-state index in [0.29, 0.717) is 18.7 Å². The number of likely N-dealkylation sites (tertiary alicyclic amines) is 1. The predicted octanol–water partition coefficient (Wildman–Crippen LogP) is 0.920. The summed E-state index contributed by atoms with van der Waals surface area (Å²) in [6.07, 6.45) is 2.30. The highest BCUT2D eigenvalue weighted by Gasteiger charge is 2.41. The third-order valence-electron chi connectivity index (χ3n) is 5.02. The molecule has 0 aliphatic carbocycles. The molecule has 164 valence electrons. The molecule has 0 radical (unpaired) electrons. The van der Waals surface area contributed by atoms with Crippen LogP contribution in [0.1, 0.15) is 44.2 Å². The van der Waals surface area contributed by atoms with Crippen LogP contribution in [0.25, 0.3) is 0 Å². The van der Waals surface area contributed by atoms with Crippen LogP contribution in [-0.2, 0) is 23.9 Å². The van der Waals surface area contributed by atoms with E-state index < -0.39 is 36.4 Å². The second-order valence-electron chi connectivity index (χ2n) is 7.15. The quantitative estimate of drug-likeness (QED) is 0.543. The molecule has 2 atom stereocenters. The van der Waals surface area contributed by atoms with E-state index in [1.807, 2.05) is 19.1 Å². The number of nitrogens with zero attached hydrogens (tertiary/aromatic N) is 1. The van der Waals surface area contributed by atoms with Gasteiger partial charge in [0, 0.05) is 13.0 Å². The van der Waals surface area contributed by atoms with Gasteiger partial charge in [-0.25, -0.2) is 0 Å². The van der Waals surface area contributed by atoms with Crippen LogP contribution in [0, 0.1) is 5.92 Å². The molecular weight excluding hydrogens is 390 g/mol. The van der Waals surface area contributed by atoms with Crippen molar-refractivity contribution in [1.82, 2.24) is 10.2 Å². The van der Waals surface area contributed by atoms with Crippen LogP contribution in [0.15, 0.2) is 24.3 Å². The van der Waals surface area contributed by atoms with Crippen LogP contribution in [0.3, 0.4) is 0 Å². The van der Waals surface area contributed by atoms with Gasteiger partial charge in [-0.2, -0.15) is 0 Å². The van der Waals surface area contributed by atoms with E-state index in [-0.39, 0.29) is 18.9 Å². The smallest absolute Gasteiger partial charge is 0.311 e. The first-order chi connectivity index (χ1) is 14.4. The van der Waals surface area contributed by atoms with Crippen molar-refractivity contribution in [3.63, 3.8) is 0 Å². The molecule has 30 heavy (non-hydrogen) atoms. The molecule has 9 nitrogen and oxygen atoms in total. The predicted molar refractivity (Wildman–Crippen MR) is 108 cm³/mol. The van der Waals surface area contributed by atoms with Crippen LogP contribution in [-0.4, -0.2) is 55.4 Å². The fourth-order valence-corrected chi connectivity index (χ4v) is 3.49. The molecule has 0 bridgehead atoms. The fraction of sp³-hybridized carbons (Fsp3) is 0.524. The first-order valence-electron chi connectivity index (χ1n) is 10.0. The lowest BCUT2D eigenvalue weighted by atomic mass is 9.84. The van der Waals surface area contributed by atoms with Gasteiger partial charge in [0.2, 0.25) is 11.8 Å². The minimum absolute atomic E-state index is 0.00693. The third kappa shape index (κ3) is 6.20. The number of esters is 1. The highest BCUT2D eigenvalue weighted by Crippen LogP contribution is 2.38. The first-order valence-corrected chi connectivity index (χ1v) is 10.0. The summed E-state index contributed by atoms with van der Waals surface area (Å²) >= 11 is 0. The van der Waals surface area contributed by atoms with Crippen LogP contribution < -0.4 is 15.8 Å². The normalized spacial score (nSPS) is 18.6. The van der Waals surface area contributed by atoms with Crippen molar-refractivity contribution in [2.24, 2.45) is 11.7 Å². The zero-order valence-electron chi connectivity index (χ0n) is 17.4. The summed E-state index contributed by atoms with van der Waals surface area (Å²) < 4.78 is 10.4. The molecule has 0 spiro atoms. The van der Waals surface area contributed by atoms with Crippen LogP contribution in [0.4, 0.5) is 0 Å². The lowest BCUT2D eigenvalue weighted by molar-refractivity contribution is -0.159. The Morgan fingerprint density at radius 3 is 2.53 bits per heavy atom. The van der Waals surface area contributed by atoms with Crippen molar-refractivity contribution in [1.29, 1.82) is 0 Å². The number of amides is 3. The summed E-state index contributed by atoms with van der Waals surface area (Å²) in [5.41, 5.74) is 5.78. The maximum Gasteiger partial charge on any atom is 0.311 e. The van der Waals surface area contributed by atoms with E-state index in [1.165, 1.54) is 0 Å². The molecule has 9 heteroatoms. The van der Waals surface area contributed by atoms with Gasteiger partial charge in [0.25, 0.3) is 5.91 Å². The summed E-state index contributed by atoms with van der Waals surface area (Å²) in [5, 5.41) is 2.27. The van der Waals surface area contributed by atoms with E-state index in [2.05, 4.69) is 5.32 Å². The second-order valence-corrected chi connectivity index (χ2v) is 7.15. The number of carbonyl (C=O) groups excluding carboxylic acids is 4. The summed E-state index contributed by atoms with van der Waals surface area (Å²) in [6, 6.07) is 6.75. The van der Waals surface area contributed by atoms with Crippen molar-refractivity contribution in [2.75, 3.05) is 26.8 Å². The highest BCUT2D eigenvalue weighted by molar-refractivity contribution is 5.86. The third-order valence-corrected chi connectivity index (χ3v) is 5.02. The van der Waals surface area contributed by atoms with E-state index in [1.54, 1.807) is 24.1 Å². The molecule has 1 aliphatic heterocycles. The Hall–Kier alpha value is -3.10. The molecule has 2 rings (SSSR count). The number of unbranched alkanes of at least 4 members (excludes halogenated alkanes) is 1. The summed E-state index contributed by atoms with van der Waals surface area (Å²) in [7, 11) is 1.57. The molecule has 0 aromatic heterocycles. The topological polar surface area (TPSA) is 128 Å². The van der Waals surface area contributed by atoms with Crippen molar-refractivity contribution >= 4 is 23.7 Å². The number of benzene rings is 1.